The van der Waals surface area contributed by atoms with Crippen molar-refractivity contribution < 1.29 is 14.3 Å². The highest BCUT2D eigenvalue weighted by atomic mass is 79.9. The molecule has 0 saturated heterocycles. The first kappa shape index (κ1) is 23.3. The molecule has 0 saturated carbocycles. The zero-order chi connectivity index (χ0) is 22.4. The smallest absolute Gasteiger partial charge is 0.261 e. The van der Waals surface area contributed by atoms with E-state index in [-0.39, 0.29) is 18.4 Å². The van der Waals surface area contributed by atoms with Crippen molar-refractivity contribution in [3.63, 3.8) is 0 Å². The number of fused-ring (bicyclic) bond motifs is 1. The number of likely N-dealkylation sites (N-methyl/N-ethyl adjacent to an activating group) is 1. The number of hydrogen-bond donors (Lipinski definition) is 1. The van der Waals surface area contributed by atoms with Gasteiger partial charge in [-0.2, -0.15) is 0 Å². The van der Waals surface area contributed by atoms with E-state index in [1.807, 2.05) is 67.6 Å². The van der Waals surface area contributed by atoms with Crippen LogP contribution >= 0.6 is 31.9 Å². The zero-order valence-electron chi connectivity index (χ0n) is 17.4. The van der Waals surface area contributed by atoms with Crippen LogP contribution in [0.15, 0.2) is 69.6 Å². The van der Waals surface area contributed by atoms with Gasteiger partial charge in [-0.15, -0.1) is 0 Å². The molecule has 31 heavy (non-hydrogen) atoms. The highest BCUT2D eigenvalue weighted by Crippen LogP contribution is 2.33. The molecule has 3 aromatic carbocycles. The van der Waals surface area contributed by atoms with E-state index in [0.717, 1.165) is 25.3 Å². The van der Waals surface area contributed by atoms with E-state index < -0.39 is 6.04 Å². The van der Waals surface area contributed by atoms with Crippen LogP contribution in [-0.2, 0) is 16.1 Å². The lowest BCUT2D eigenvalue weighted by molar-refractivity contribution is -0.142. The number of carbonyl (C=O) groups excluding carboxylic acids is 2. The van der Waals surface area contributed by atoms with E-state index in [2.05, 4.69) is 37.2 Å². The SMILES string of the molecule is CCNC(=O)[C@@H](C)N(Cc1ccc(Br)cc1)C(=O)COc1ccc2ccccc2c1Br. The van der Waals surface area contributed by atoms with Crippen molar-refractivity contribution in [3.05, 3.63) is 75.2 Å². The van der Waals surface area contributed by atoms with Crippen molar-refractivity contribution in [1.82, 2.24) is 10.2 Å². The standard InChI is InChI=1S/C24H24Br2N2O3/c1-3-27-24(30)16(2)28(14-17-8-11-19(25)12-9-17)22(29)15-31-21-13-10-18-6-4-5-7-20(18)23(21)26/h4-13,16H,3,14-15H2,1-2H3,(H,27,30)/t16-/m1/s1. The maximum atomic E-state index is 13.1. The Balaban J connectivity index is 1.78. The quantitative estimate of drug-likeness (QED) is 0.416. The number of nitrogens with one attached hydrogen (secondary N) is 1. The summed E-state index contributed by atoms with van der Waals surface area (Å²) in [6.07, 6.45) is 0. The molecule has 2 amide bonds. The Kier molecular flexibility index (Phi) is 8.09. The van der Waals surface area contributed by atoms with Crippen molar-refractivity contribution in [3.8, 4) is 5.75 Å². The Hall–Kier alpha value is -2.38. The van der Waals surface area contributed by atoms with Gasteiger partial charge < -0.3 is 15.0 Å². The van der Waals surface area contributed by atoms with E-state index in [9.17, 15) is 9.59 Å². The second-order valence-corrected chi connectivity index (χ2v) is 8.81. The monoisotopic (exact) mass is 546 g/mol. The van der Waals surface area contributed by atoms with Crippen molar-refractivity contribution in [2.45, 2.75) is 26.4 Å². The number of ether oxygens (including phenoxy) is 1. The van der Waals surface area contributed by atoms with Crippen LogP contribution < -0.4 is 10.1 Å². The van der Waals surface area contributed by atoms with Gasteiger partial charge in [-0.25, -0.2) is 0 Å². The molecule has 1 N–H and O–H groups in total. The van der Waals surface area contributed by atoms with Gasteiger partial charge in [-0.05, 0) is 64.3 Å². The Morgan fingerprint density at radius 1 is 1.03 bits per heavy atom. The predicted octanol–water partition coefficient (Wildman–Crippen LogP) is 5.30. The number of rotatable bonds is 8. The normalized spacial score (nSPS) is 11.7. The zero-order valence-corrected chi connectivity index (χ0v) is 20.6. The van der Waals surface area contributed by atoms with Crippen LogP contribution in [0.4, 0.5) is 0 Å². The van der Waals surface area contributed by atoms with E-state index in [0.29, 0.717) is 18.8 Å². The minimum absolute atomic E-state index is 0.169. The van der Waals surface area contributed by atoms with Gasteiger partial charge in [0.1, 0.15) is 11.8 Å². The molecular weight excluding hydrogens is 524 g/mol. The molecule has 0 aromatic heterocycles. The summed E-state index contributed by atoms with van der Waals surface area (Å²) in [5, 5.41) is 4.88. The van der Waals surface area contributed by atoms with E-state index in [1.165, 1.54) is 0 Å². The Bertz CT molecular complexity index is 1070. The first-order valence-electron chi connectivity index (χ1n) is 10.0. The van der Waals surface area contributed by atoms with Crippen LogP contribution in [0.1, 0.15) is 19.4 Å². The number of carbonyl (C=O) groups is 2. The molecule has 0 unspecified atom stereocenters. The summed E-state index contributed by atoms with van der Waals surface area (Å²) in [7, 11) is 0. The molecule has 3 aromatic rings. The molecule has 0 fully saturated rings. The van der Waals surface area contributed by atoms with Crippen molar-refractivity contribution in [2.75, 3.05) is 13.2 Å². The maximum Gasteiger partial charge on any atom is 0.261 e. The average Bonchev–Trinajstić information content (AvgIpc) is 2.78. The third-order valence-corrected chi connectivity index (χ3v) is 6.31. The lowest BCUT2D eigenvalue weighted by atomic mass is 10.1. The van der Waals surface area contributed by atoms with Gasteiger partial charge in [0.25, 0.3) is 5.91 Å². The van der Waals surface area contributed by atoms with Crippen LogP contribution in [0.2, 0.25) is 0 Å². The van der Waals surface area contributed by atoms with Crippen molar-refractivity contribution in [2.24, 2.45) is 0 Å². The largest absolute Gasteiger partial charge is 0.483 e. The lowest BCUT2D eigenvalue weighted by Crippen LogP contribution is -2.49. The highest BCUT2D eigenvalue weighted by Gasteiger charge is 2.26. The molecule has 0 radical (unpaired) electrons. The van der Waals surface area contributed by atoms with Crippen LogP contribution in [-0.4, -0.2) is 35.9 Å². The minimum Gasteiger partial charge on any atom is -0.483 e. The third kappa shape index (κ3) is 5.86. The minimum atomic E-state index is -0.625. The molecule has 0 bridgehead atoms. The fraction of sp³-hybridized carbons (Fsp3) is 0.250. The summed E-state index contributed by atoms with van der Waals surface area (Å²) < 4.78 is 7.61. The Morgan fingerprint density at radius 2 is 1.74 bits per heavy atom. The number of hydrogen-bond acceptors (Lipinski definition) is 3. The summed E-state index contributed by atoms with van der Waals surface area (Å²) >= 11 is 7.00. The Morgan fingerprint density at radius 3 is 2.45 bits per heavy atom. The van der Waals surface area contributed by atoms with Gasteiger partial charge in [0.15, 0.2) is 6.61 Å². The summed E-state index contributed by atoms with van der Waals surface area (Å²) in [6.45, 7) is 4.23. The first-order valence-corrected chi connectivity index (χ1v) is 11.6. The summed E-state index contributed by atoms with van der Waals surface area (Å²) in [5.74, 6) is 0.128. The van der Waals surface area contributed by atoms with Crippen molar-refractivity contribution in [1.29, 1.82) is 0 Å². The molecule has 3 rings (SSSR count). The van der Waals surface area contributed by atoms with E-state index >= 15 is 0 Å². The fourth-order valence-corrected chi connectivity index (χ4v) is 4.11. The van der Waals surface area contributed by atoms with E-state index in [4.69, 9.17) is 4.74 Å². The molecular formula is C24H24Br2N2O3. The van der Waals surface area contributed by atoms with Gasteiger partial charge in [0.05, 0.1) is 4.47 Å². The molecule has 0 aliphatic rings. The molecule has 5 nitrogen and oxygen atoms in total. The predicted molar refractivity (Wildman–Crippen MR) is 130 cm³/mol. The molecule has 0 heterocycles. The molecule has 0 spiro atoms. The maximum absolute atomic E-state index is 13.1. The summed E-state index contributed by atoms with van der Waals surface area (Å²) in [4.78, 5) is 27.1. The highest BCUT2D eigenvalue weighted by molar-refractivity contribution is 9.11. The van der Waals surface area contributed by atoms with E-state index in [1.54, 1.807) is 11.8 Å². The van der Waals surface area contributed by atoms with Crippen molar-refractivity contribution >= 4 is 54.4 Å². The third-order valence-electron chi connectivity index (χ3n) is 4.96. The fourth-order valence-electron chi connectivity index (χ4n) is 3.24. The van der Waals surface area contributed by atoms with Gasteiger partial charge in [-0.1, -0.05) is 58.4 Å². The van der Waals surface area contributed by atoms with Crippen LogP contribution in [0, 0.1) is 0 Å². The van der Waals surface area contributed by atoms with Crippen LogP contribution in [0.5, 0.6) is 5.75 Å². The molecule has 1 atom stereocenters. The average molecular weight is 548 g/mol. The van der Waals surface area contributed by atoms with Gasteiger partial charge in [0, 0.05) is 17.6 Å². The van der Waals surface area contributed by atoms with Crippen LogP contribution in [0.3, 0.4) is 0 Å². The summed E-state index contributed by atoms with van der Waals surface area (Å²) in [5.41, 5.74) is 0.930. The molecule has 162 valence electrons. The molecule has 7 heteroatoms. The number of amides is 2. The number of nitrogens with zero attached hydrogens (tertiary/aromatic N) is 1. The Labute approximate surface area is 199 Å². The van der Waals surface area contributed by atoms with Gasteiger partial charge in [-0.3, -0.25) is 9.59 Å². The molecule has 0 aliphatic carbocycles. The van der Waals surface area contributed by atoms with Gasteiger partial charge >= 0.3 is 0 Å². The van der Waals surface area contributed by atoms with Gasteiger partial charge in [0.2, 0.25) is 5.91 Å². The lowest BCUT2D eigenvalue weighted by Gasteiger charge is -2.28. The number of halogens is 2. The van der Waals surface area contributed by atoms with Crippen LogP contribution in [0.25, 0.3) is 10.8 Å². The topological polar surface area (TPSA) is 58.6 Å². The number of benzene rings is 3. The first-order chi connectivity index (χ1) is 14.9. The molecule has 0 aliphatic heterocycles. The second kappa shape index (κ2) is 10.8. The summed E-state index contributed by atoms with van der Waals surface area (Å²) in [6, 6.07) is 18.8. The second-order valence-electron chi connectivity index (χ2n) is 7.11.